The van der Waals surface area contributed by atoms with Crippen molar-refractivity contribution in [1.29, 1.82) is 0 Å². The number of carbonyl (C=O) groups is 1. The van der Waals surface area contributed by atoms with Crippen molar-refractivity contribution < 1.29 is 23.1 Å². The van der Waals surface area contributed by atoms with Crippen molar-refractivity contribution in [2.24, 2.45) is 0 Å². The fraction of sp³-hybridized carbons (Fsp3) is 0.409. The molecule has 2 aromatic rings. The molecule has 32 heavy (non-hydrogen) atoms. The van der Waals surface area contributed by atoms with Crippen LogP contribution < -0.4 is 4.74 Å². The Morgan fingerprint density at radius 2 is 1.56 bits per heavy atom. The van der Waals surface area contributed by atoms with Crippen molar-refractivity contribution >= 4 is 27.6 Å². The van der Waals surface area contributed by atoms with Gasteiger partial charge in [0.15, 0.2) is 5.78 Å². The van der Waals surface area contributed by atoms with Crippen molar-refractivity contribution in [2.75, 3.05) is 53.4 Å². The van der Waals surface area contributed by atoms with E-state index in [9.17, 15) is 18.3 Å². The van der Waals surface area contributed by atoms with E-state index in [1.165, 1.54) is 22.7 Å². The van der Waals surface area contributed by atoms with Crippen LogP contribution >= 0.6 is 11.6 Å². The van der Waals surface area contributed by atoms with Crippen molar-refractivity contribution in [3.63, 3.8) is 0 Å². The fourth-order valence-electron chi connectivity index (χ4n) is 3.39. The second kappa shape index (κ2) is 10.7. The second-order valence-corrected chi connectivity index (χ2v) is 10.4. The van der Waals surface area contributed by atoms with Crippen LogP contribution in [0.25, 0.3) is 0 Å². The average Bonchev–Trinajstić information content (AvgIpc) is 2.78. The average molecular weight is 482 g/mol. The summed E-state index contributed by atoms with van der Waals surface area (Å²) in [5.41, 5.74) is 1.09. The second-order valence-electron chi connectivity index (χ2n) is 7.82. The largest absolute Gasteiger partial charge is 0.491 e. The minimum absolute atomic E-state index is 0.0979. The number of nitrogens with zero attached hydrogens (tertiary/aromatic N) is 3. The summed E-state index contributed by atoms with van der Waals surface area (Å²) < 4.78 is 32.6. The number of ketones is 1. The molecule has 0 aromatic heterocycles. The molecule has 0 radical (unpaired) electrons. The van der Waals surface area contributed by atoms with Gasteiger partial charge in [0.25, 0.3) is 10.2 Å². The van der Waals surface area contributed by atoms with Crippen molar-refractivity contribution in [3.05, 3.63) is 64.7 Å². The number of rotatable bonds is 9. The Bertz CT molecular complexity index is 1000. The molecule has 10 heteroatoms. The van der Waals surface area contributed by atoms with Crippen molar-refractivity contribution in [1.82, 2.24) is 13.5 Å². The molecule has 1 N–H and O–H groups in total. The summed E-state index contributed by atoms with van der Waals surface area (Å²) in [4.78, 5) is 14.5. The highest BCUT2D eigenvalue weighted by Gasteiger charge is 2.29. The van der Waals surface area contributed by atoms with E-state index >= 15 is 0 Å². The van der Waals surface area contributed by atoms with Gasteiger partial charge in [0, 0.05) is 63.0 Å². The van der Waals surface area contributed by atoms with Crippen LogP contribution in [-0.2, 0) is 10.2 Å². The van der Waals surface area contributed by atoms with Crippen LogP contribution in [0.4, 0.5) is 0 Å². The number of hydrogen-bond donors (Lipinski definition) is 1. The summed E-state index contributed by atoms with van der Waals surface area (Å²) in [6.45, 7) is 2.36. The number of benzene rings is 2. The number of ether oxygens (including phenoxy) is 1. The number of halogens is 1. The van der Waals surface area contributed by atoms with Gasteiger partial charge >= 0.3 is 0 Å². The van der Waals surface area contributed by atoms with E-state index in [-0.39, 0.29) is 12.4 Å². The first kappa shape index (κ1) is 24.6. The third-order valence-electron chi connectivity index (χ3n) is 5.25. The van der Waals surface area contributed by atoms with Crippen LogP contribution in [0.3, 0.4) is 0 Å². The summed E-state index contributed by atoms with van der Waals surface area (Å²) in [5.74, 6) is 0.447. The van der Waals surface area contributed by atoms with Crippen LogP contribution in [0.5, 0.6) is 5.75 Å². The van der Waals surface area contributed by atoms with Gasteiger partial charge in [-0.1, -0.05) is 11.6 Å². The molecule has 1 aliphatic heterocycles. The molecule has 1 aliphatic rings. The smallest absolute Gasteiger partial charge is 0.281 e. The molecule has 0 spiro atoms. The van der Waals surface area contributed by atoms with E-state index in [4.69, 9.17) is 16.3 Å². The van der Waals surface area contributed by atoms with Gasteiger partial charge in [-0.2, -0.15) is 17.0 Å². The Hall–Kier alpha value is -2.01. The maximum Gasteiger partial charge on any atom is 0.281 e. The number of piperazine rings is 1. The van der Waals surface area contributed by atoms with Gasteiger partial charge < -0.3 is 9.84 Å². The molecule has 0 bridgehead atoms. The van der Waals surface area contributed by atoms with Crippen LogP contribution in [-0.4, -0.2) is 92.3 Å². The zero-order chi connectivity index (χ0) is 23.3. The summed E-state index contributed by atoms with van der Waals surface area (Å²) in [7, 11) is -0.371. The lowest BCUT2D eigenvalue weighted by Gasteiger charge is -2.35. The highest BCUT2D eigenvalue weighted by atomic mass is 35.5. The van der Waals surface area contributed by atoms with Gasteiger partial charge in [-0.25, -0.2) is 0 Å². The quantitative estimate of drug-likeness (QED) is 0.549. The third-order valence-corrected chi connectivity index (χ3v) is 7.45. The lowest BCUT2D eigenvalue weighted by Crippen LogP contribution is -2.53. The normalized spacial score (nSPS) is 16.8. The molecular formula is C22H28ClN3O5S. The Labute approximate surface area is 194 Å². The highest BCUT2D eigenvalue weighted by molar-refractivity contribution is 7.86. The van der Waals surface area contributed by atoms with Gasteiger partial charge in [0.2, 0.25) is 0 Å². The van der Waals surface area contributed by atoms with Gasteiger partial charge in [-0.3, -0.25) is 9.69 Å². The Balaban J connectivity index is 1.45. The Morgan fingerprint density at radius 3 is 2.09 bits per heavy atom. The molecule has 0 aliphatic carbocycles. The van der Waals surface area contributed by atoms with Crippen LogP contribution in [0.1, 0.15) is 15.9 Å². The topological polar surface area (TPSA) is 90.4 Å². The van der Waals surface area contributed by atoms with Crippen LogP contribution in [0, 0.1) is 0 Å². The van der Waals surface area contributed by atoms with Gasteiger partial charge in [-0.15, -0.1) is 0 Å². The molecule has 1 saturated heterocycles. The lowest BCUT2D eigenvalue weighted by atomic mass is 10.0. The van der Waals surface area contributed by atoms with Crippen LogP contribution in [0.2, 0.25) is 5.02 Å². The lowest BCUT2D eigenvalue weighted by molar-refractivity contribution is 0.0564. The van der Waals surface area contributed by atoms with Gasteiger partial charge in [0.05, 0.1) is 0 Å². The molecule has 0 saturated carbocycles. The number of aliphatic hydroxyl groups is 1. The van der Waals surface area contributed by atoms with E-state index in [1.807, 2.05) is 4.90 Å². The van der Waals surface area contributed by atoms with E-state index in [1.54, 1.807) is 48.5 Å². The summed E-state index contributed by atoms with van der Waals surface area (Å²) in [6, 6.07) is 13.5. The first-order valence-electron chi connectivity index (χ1n) is 10.3. The summed E-state index contributed by atoms with van der Waals surface area (Å²) in [6.07, 6.45) is -0.720. The molecule has 0 unspecified atom stereocenters. The van der Waals surface area contributed by atoms with Crippen molar-refractivity contribution in [2.45, 2.75) is 6.10 Å². The maximum absolute atomic E-state index is 12.5. The number of carbonyl (C=O) groups excluding carboxylic acids is 1. The zero-order valence-corrected chi connectivity index (χ0v) is 19.7. The molecule has 1 fully saturated rings. The van der Waals surface area contributed by atoms with Crippen molar-refractivity contribution in [3.8, 4) is 5.75 Å². The monoisotopic (exact) mass is 481 g/mol. The van der Waals surface area contributed by atoms with E-state index in [2.05, 4.69) is 0 Å². The highest BCUT2D eigenvalue weighted by Crippen LogP contribution is 2.18. The molecule has 8 nitrogen and oxygen atoms in total. The van der Waals surface area contributed by atoms with Gasteiger partial charge in [0.1, 0.15) is 18.5 Å². The minimum atomic E-state index is -3.40. The zero-order valence-electron chi connectivity index (χ0n) is 18.1. The number of β-amino-alcohol motifs (C(OH)–C–C–N with tert-alkyl or cyclic N) is 1. The molecular weight excluding hydrogens is 454 g/mol. The van der Waals surface area contributed by atoms with E-state index in [0.717, 1.165) is 0 Å². The minimum Gasteiger partial charge on any atom is -0.491 e. The predicted molar refractivity (Wildman–Crippen MR) is 123 cm³/mol. The molecule has 2 aromatic carbocycles. The first-order valence-corrected chi connectivity index (χ1v) is 12.1. The molecule has 1 atom stereocenters. The van der Waals surface area contributed by atoms with Gasteiger partial charge in [-0.05, 0) is 48.5 Å². The van der Waals surface area contributed by atoms with E-state index in [0.29, 0.717) is 54.6 Å². The number of hydrogen-bond acceptors (Lipinski definition) is 6. The molecule has 0 amide bonds. The molecule has 174 valence electrons. The summed E-state index contributed by atoms with van der Waals surface area (Å²) in [5, 5.41) is 10.9. The maximum atomic E-state index is 12.5. The summed E-state index contributed by atoms with van der Waals surface area (Å²) >= 11 is 5.86. The Kier molecular flexibility index (Phi) is 8.26. The Morgan fingerprint density at radius 1 is 1.03 bits per heavy atom. The molecule has 1 heterocycles. The number of aliphatic hydroxyl groups excluding tert-OH is 1. The SMILES string of the molecule is CN(C)S(=O)(=O)N1CCN(C[C@@H](O)COc2ccc(C(=O)c3ccc(Cl)cc3)cc2)CC1. The first-order chi connectivity index (χ1) is 15.2. The molecule has 3 rings (SSSR count). The van der Waals surface area contributed by atoms with E-state index < -0.39 is 16.3 Å². The predicted octanol–water partition coefficient (Wildman–Crippen LogP) is 1.73. The van der Waals surface area contributed by atoms with Crippen LogP contribution in [0.15, 0.2) is 48.5 Å². The third kappa shape index (κ3) is 6.28. The fourth-order valence-corrected chi connectivity index (χ4v) is 4.60. The standard InChI is InChI=1S/C22H28ClN3O5S/c1-24(2)32(29,30)26-13-11-25(12-14-26)15-20(27)16-31-21-9-5-18(6-10-21)22(28)17-3-7-19(23)8-4-17/h3-10,20,27H,11-16H2,1-2H3/t20-/m1/s1.